The van der Waals surface area contributed by atoms with Gasteiger partial charge in [-0.1, -0.05) is 32.4 Å². The maximum Gasteiger partial charge on any atom is 0.251 e. The summed E-state index contributed by atoms with van der Waals surface area (Å²) in [6, 6.07) is 3.67. The average Bonchev–Trinajstić information content (AvgIpc) is 2.30. The number of carbonyl (C=O) groups is 1. The molecule has 19 heavy (non-hydrogen) atoms. The summed E-state index contributed by atoms with van der Waals surface area (Å²) in [6.07, 6.45) is 0.462. The standard InChI is InChI=1S/C14H19ClFNO2/c1-14(2,3)12(6-7-18)17-13(19)9-4-5-11(16)10(15)8-9/h4-5,8,12,18H,6-7H2,1-3H3,(H,17,19). The van der Waals surface area contributed by atoms with Gasteiger partial charge >= 0.3 is 0 Å². The predicted octanol–water partition coefficient (Wildman–Crippen LogP) is 3.01. The topological polar surface area (TPSA) is 49.3 Å². The number of hydrogen-bond acceptors (Lipinski definition) is 2. The van der Waals surface area contributed by atoms with Crippen LogP contribution in [0, 0.1) is 11.2 Å². The maximum absolute atomic E-state index is 13.0. The lowest BCUT2D eigenvalue weighted by Gasteiger charge is -2.31. The van der Waals surface area contributed by atoms with Gasteiger partial charge < -0.3 is 10.4 Å². The Morgan fingerprint density at radius 3 is 2.58 bits per heavy atom. The van der Waals surface area contributed by atoms with E-state index >= 15 is 0 Å². The molecular weight excluding hydrogens is 269 g/mol. The van der Waals surface area contributed by atoms with E-state index in [9.17, 15) is 9.18 Å². The first-order valence-corrected chi connectivity index (χ1v) is 6.50. The van der Waals surface area contributed by atoms with Crippen LogP contribution in [-0.4, -0.2) is 23.7 Å². The van der Waals surface area contributed by atoms with E-state index in [-0.39, 0.29) is 29.0 Å². The van der Waals surface area contributed by atoms with E-state index in [1.54, 1.807) is 0 Å². The molecule has 0 saturated carbocycles. The molecule has 0 aromatic heterocycles. The summed E-state index contributed by atoms with van der Waals surface area (Å²) >= 11 is 5.65. The molecule has 1 aromatic carbocycles. The molecule has 0 spiro atoms. The van der Waals surface area contributed by atoms with Crippen LogP contribution < -0.4 is 5.32 Å². The number of rotatable bonds is 4. The van der Waals surface area contributed by atoms with Crippen LogP contribution in [0.2, 0.25) is 5.02 Å². The van der Waals surface area contributed by atoms with Gasteiger partial charge in [0.15, 0.2) is 0 Å². The minimum absolute atomic E-state index is 0.00755. The van der Waals surface area contributed by atoms with Crippen LogP contribution in [-0.2, 0) is 0 Å². The fraction of sp³-hybridized carbons (Fsp3) is 0.500. The molecule has 0 fully saturated rings. The van der Waals surface area contributed by atoms with Gasteiger partial charge in [0.2, 0.25) is 0 Å². The lowest BCUT2D eigenvalue weighted by Crippen LogP contribution is -2.44. The second-order valence-corrected chi connectivity index (χ2v) is 5.94. The summed E-state index contributed by atoms with van der Waals surface area (Å²) in [6.45, 7) is 5.92. The van der Waals surface area contributed by atoms with Crippen molar-refractivity contribution in [2.75, 3.05) is 6.61 Å². The van der Waals surface area contributed by atoms with Crippen LogP contribution in [0.3, 0.4) is 0 Å². The van der Waals surface area contributed by atoms with Crippen molar-refractivity contribution < 1.29 is 14.3 Å². The minimum Gasteiger partial charge on any atom is -0.396 e. The Hall–Kier alpha value is -1.13. The maximum atomic E-state index is 13.0. The van der Waals surface area contributed by atoms with Crippen molar-refractivity contribution in [2.45, 2.75) is 33.2 Å². The zero-order valence-corrected chi connectivity index (χ0v) is 12.1. The van der Waals surface area contributed by atoms with Crippen molar-refractivity contribution in [3.63, 3.8) is 0 Å². The van der Waals surface area contributed by atoms with Gasteiger partial charge in [0, 0.05) is 18.2 Å². The van der Waals surface area contributed by atoms with Crippen LogP contribution >= 0.6 is 11.6 Å². The van der Waals surface area contributed by atoms with Crippen molar-refractivity contribution in [1.82, 2.24) is 5.32 Å². The summed E-state index contributed by atoms with van der Waals surface area (Å²) in [4.78, 5) is 12.1. The number of hydrogen-bond donors (Lipinski definition) is 2. The first-order chi connectivity index (χ1) is 8.75. The highest BCUT2D eigenvalue weighted by atomic mass is 35.5. The molecule has 1 unspecified atom stereocenters. The molecule has 1 atom stereocenters. The highest BCUT2D eigenvalue weighted by molar-refractivity contribution is 6.31. The van der Waals surface area contributed by atoms with Crippen molar-refractivity contribution in [3.8, 4) is 0 Å². The largest absolute Gasteiger partial charge is 0.396 e. The lowest BCUT2D eigenvalue weighted by atomic mass is 9.85. The van der Waals surface area contributed by atoms with Gasteiger partial charge in [-0.05, 0) is 30.0 Å². The number of halogens is 2. The highest BCUT2D eigenvalue weighted by Crippen LogP contribution is 2.22. The van der Waals surface area contributed by atoms with E-state index in [4.69, 9.17) is 16.7 Å². The van der Waals surface area contributed by atoms with Crippen molar-refractivity contribution in [1.29, 1.82) is 0 Å². The number of amides is 1. The van der Waals surface area contributed by atoms with Crippen LogP contribution in [0.5, 0.6) is 0 Å². The van der Waals surface area contributed by atoms with Crippen molar-refractivity contribution in [2.24, 2.45) is 5.41 Å². The Morgan fingerprint density at radius 1 is 1.47 bits per heavy atom. The Labute approximate surface area is 117 Å². The van der Waals surface area contributed by atoms with E-state index in [1.165, 1.54) is 12.1 Å². The van der Waals surface area contributed by atoms with Gasteiger partial charge in [-0.2, -0.15) is 0 Å². The number of benzene rings is 1. The van der Waals surface area contributed by atoms with Gasteiger partial charge in [0.25, 0.3) is 5.91 Å². The molecule has 106 valence electrons. The molecular formula is C14H19ClFNO2. The zero-order valence-electron chi connectivity index (χ0n) is 11.3. The third kappa shape index (κ3) is 4.48. The molecule has 1 amide bonds. The second-order valence-electron chi connectivity index (χ2n) is 5.53. The number of aliphatic hydroxyl groups excluding tert-OH is 1. The number of nitrogens with one attached hydrogen (secondary N) is 1. The second kappa shape index (κ2) is 6.35. The van der Waals surface area contributed by atoms with Gasteiger partial charge in [0.1, 0.15) is 5.82 Å². The zero-order chi connectivity index (χ0) is 14.6. The van der Waals surface area contributed by atoms with E-state index in [0.29, 0.717) is 12.0 Å². The van der Waals surface area contributed by atoms with Crippen LogP contribution in [0.15, 0.2) is 18.2 Å². The molecule has 0 aliphatic rings. The molecule has 0 aliphatic heterocycles. The van der Waals surface area contributed by atoms with Crippen molar-refractivity contribution in [3.05, 3.63) is 34.6 Å². The Kier molecular flexibility index (Phi) is 5.32. The lowest BCUT2D eigenvalue weighted by molar-refractivity contribution is 0.0885. The average molecular weight is 288 g/mol. The molecule has 0 aliphatic carbocycles. The third-order valence-corrected chi connectivity index (χ3v) is 3.24. The molecule has 1 aromatic rings. The highest BCUT2D eigenvalue weighted by Gasteiger charge is 2.26. The minimum atomic E-state index is -0.555. The quantitative estimate of drug-likeness (QED) is 0.894. The Bertz CT molecular complexity index is 457. The van der Waals surface area contributed by atoms with Gasteiger partial charge in [-0.15, -0.1) is 0 Å². The van der Waals surface area contributed by atoms with E-state index in [0.717, 1.165) is 6.07 Å². The summed E-state index contributed by atoms with van der Waals surface area (Å²) in [5, 5.41) is 11.8. The van der Waals surface area contributed by atoms with Gasteiger partial charge in [-0.3, -0.25) is 4.79 Å². The predicted molar refractivity (Wildman–Crippen MR) is 73.8 cm³/mol. The smallest absolute Gasteiger partial charge is 0.251 e. The molecule has 0 radical (unpaired) electrons. The van der Waals surface area contributed by atoms with E-state index in [2.05, 4.69) is 5.32 Å². The molecule has 2 N–H and O–H groups in total. The van der Waals surface area contributed by atoms with Crippen LogP contribution in [0.1, 0.15) is 37.6 Å². The van der Waals surface area contributed by atoms with E-state index < -0.39 is 5.82 Å². The molecule has 0 saturated heterocycles. The summed E-state index contributed by atoms with van der Waals surface area (Å²) < 4.78 is 13.0. The number of carbonyl (C=O) groups excluding carboxylic acids is 1. The van der Waals surface area contributed by atoms with Crippen LogP contribution in [0.25, 0.3) is 0 Å². The number of aliphatic hydroxyl groups is 1. The molecule has 0 bridgehead atoms. The Balaban J connectivity index is 2.84. The van der Waals surface area contributed by atoms with Gasteiger partial charge in [0.05, 0.1) is 5.02 Å². The SMILES string of the molecule is CC(C)(C)C(CCO)NC(=O)c1ccc(F)c(Cl)c1. The van der Waals surface area contributed by atoms with Crippen LogP contribution in [0.4, 0.5) is 4.39 Å². The normalized spacial score (nSPS) is 13.2. The fourth-order valence-electron chi connectivity index (χ4n) is 1.73. The first-order valence-electron chi connectivity index (χ1n) is 6.12. The summed E-state index contributed by atoms with van der Waals surface area (Å²) in [5.74, 6) is -0.878. The molecule has 0 heterocycles. The van der Waals surface area contributed by atoms with E-state index in [1.807, 2.05) is 20.8 Å². The summed E-state index contributed by atoms with van der Waals surface area (Å²) in [7, 11) is 0. The molecule has 5 heteroatoms. The third-order valence-electron chi connectivity index (χ3n) is 2.95. The van der Waals surface area contributed by atoms with Gasteiger partial charge in [-0.25, -0.2) is 4.39 Å². The monoisotopic (exact) mass is 287 g/mol. The van der Waals surface area contributed by atoms with Crippen molar-refractivity contribution >= 4 is 17.5 Å². The first kappa shape index (κ1) is 15.9. The Morgan fingerprint density at radius 2 is 2.11 bits per heavy atom. The fourth-order valence-corrected chi connectivity index (χ4v) is 1.91. The molecule has 1 rings (SSSR count). The molecule has 3 nitrogen and oxygen atoms in total. The summed E-state index contributed by atoms with van der Waals surface area (Å²) in [5.41, 5.74) is 0.126.